The summed E-state index contributed by atoms with van der Waals surface area (Å²) in [4.78, 5) is 0. The molecule has 21 heavy (non-hydrogen) atoms. The number of rotatable bonds is 7. The Bertz CT molecular complexity index is 404. The second-order valence-corrected chi connectivity index (χ2v) is 6.21. The normalized spacial score (nSPS) is 22.8. The van der Waals surface area contributed by atoms with Gasteiger partial charge in [-0.3, -0.25) is 0 Å². The molecule has 1 saturated carbocycles. The van der Waals surface area contributed by atoms with Crippen LogP contribution >= 0.6 is 0 Å². The zero-order valence-electron chi connectivity index (χ0n) is 13.7. The number of ether oxygens (including phenoxy) is 1. The van der Waals surface area contributed by atoms with E-state index >= 15 is 0 Å². The van der Waals surface area contributed by atoms with E-state index in [0.29, 0.717) is 5.92 Å². The van der Waals surface area contributed by atoms with Crippen LogP contribution in [-0.2, 0) is 0 Å². The predicted octanol–water partition coefficient (Wildman–Crippen LogP) is 4.75. The SMILES string of the molecule is CCCNCC1CCCCCC1c1cccc(OCC)c1. The third-order valence-electron chi connectivity index (χ3n) is 4.59. The largest absolute Gasteiger partial charge is 0.494 e. The third kappa shape index (κ3) is 5.03. The van der Waals surface area contributed by atoms with E-state index in [9.17, 15) is 0 Å². The van der Waals surface area contributed by atoms with Crippen molar-refractivity contribution in [1.29, 1.82) is 0 Å². The van der Waals surface area contributed by atoms with Gasteiger partial charge in [0.15, 0.2) is 0 Å². The molecular formula is C19H31NO. The van der Waals surface area contributed by atoms with Crippen LogP contribution in [-0.4, -0.2) is 19.7 Å². The Morgan fingerprint density at radius 2 is 2.00 bits per heavy atom. The van der Waals surface area contributed by atoms with Crippen LogP contribution in [0.3, 0.4) is 0 Å². The lowest BCUT2D eigenvalue weighted by Crippen LogP contribution is -2.27. The molecule has 2 rings (SSSR count). The molecule has 1 aromatic rings. The molecular weight excluding hydrogens is 258 g/mol. The summed E-state index contributed by atoms with van der Waals surface area (Å²) in [5, 5.41) is 3.64. The van der Waals surface area contributed by atoms with Gasteiger partial charge in [0.25, 0.3) is 0 Å². The maximum absolute atomic E-state index is 5.69. The molecule has 0 heterocycles. The standard InChI is InChI=1S/C19H31NO/c1-3-13-20-15-17-9-6-5-7-12-19(17)16-10-8-11-18(14-16)21-4-2/h8,10-11,14,17,19-20H,3-7,9,12-13,15H2,1-2H3. The Kier molecular flexibility index (Phi) is 7.08. The minimum Gasteiger partial charge on any atom is -0.494 e. The average molecular weight is 289 g/mol. The van der Waals surface area contributed by atoms with E-state index in [4.69, 9.17) is 4.74 Å². The summed E-state index contributed by atoms with van der Waals surface area (Å²) in [7, 11) is 0. The highest BCUT2D eigenvalue weighted by Gasteiger charge is 2.25. The molecule has 2 atom stereocenters. The average Bonchev–Trinajstić information content (AvgIpc) is 2.74. The van der Waals surface area contributed by atoms with Crippen LogP contribution < -0.4 is 10.1 Å². The van der Waals surface area contributed by atoms with E-state index in [-0.39, 0.29) is 0 Å². The molecule has 0 saturated heterocycles. The number of hydrogen-bond acceptors (Lipinski definition) is 2. The van der Waals surface area contributed by atoms with Gasteiger partial charge in [-0.2, -0.15) is 0 Å². The molecule has 1 N–H and O–H groups in total. The summed E-state index contributed by atoms with van der Waals surface area (Å²) < 4.78 is 5.69. The molecule has 0 bridgehead atoms. The first-order chi connectivity index (χ1) is 10.3. The minimum absolute atomic E-state index is 0.692. The molecule has 0 spiro atoms. The highest BCUT2D eigenvalue weighted by atomic mass is 16.5. The van der Waals surface area contributed by atoms with Crippen LogP contribution in [0.1, 0.15) is 63.9 Å². The van der Waals surface area contributed by atoms with Gasteiger partial charge in [0, 0.05) is 0 Å². The van der Waals surface area contributed by atoms with Crippen LogP contribution in [0.2, 0.25) is 0 Å². The van der Waals surface area contributed by atoms with Crippen molar-refractivity contribution < 1.29 is 4.74 Å². The zero-order chi connectivity index (χ0) is 14.9. The second kappa shape index (κ2) is 9.09. The van der Waals surface area contributed by atoms with E-state index < -0.39 is 0 Å². The summed E-state index contributed by atoms with van der Waals surface area (Å²) in [6, 6.07) is 8.80. The van der Waals surface area contributed by atoms with Gasteiger partial charge in [-0.05, 0) is 68.8 Å². The van der Waals surface area contributed by atoms with Crippen molar-refractivity contribution in [2.45, 2.75) is 58.3 Å². The molecule has 1 aromatic carbocycles. The zero-order valence-corrected chi connectivity index (χ0v) is 13.7. The molecule has 118 valence electrons. The molecule has 0 aromatic heterocycles. The lowest BCUT2D eigenvalue weighted by Gasteiger charge is -2.26. The number of benzene rings is 1. The molecule has 0 radical (unpaired) electrons. The predicted molar refractivity (Wildman–Crippen MR) is 90.1 cm³/mol. The molecule has 0 amide bonds. The van der Waals surface area contributed by atoms with Gasteiger partial charge in [0.2, 0.25) is 0 Å². The quantitative estimate of drug-likeness (QED) is 0.578. The fraction of sp³-hybridized carbons (Fsp3) is 0.684. The Labute approximate surface area is 130 Å². The summed E-state index contributed by atoms with van der Waals surface area (Å²) in [5.41, 5.74) is 1.48. The summed E-state index contributed by atoms with van der Waals surface area (Å²) in [6.07, 6.45) is 8.06. The van der Waals surface area contributed by atoms with Crippen molar-refractivity contribution in [3.05, 3.63) is 29.8 Å². The van der Waals surface area contributed by atoms with Crippen molar-refractivity contribution in [2.24, 2.45) is 5.92 Å². The van der Waals surface area contributed by atoms with Gasteiger partial charge in [-0.15, -0.1) is 0 Å². The van der Waals surface area contributed by atoms with Gasteiger partial charge in [-0.25, -0.2) is 0 Å². The van der Waals surface area contributed by atoms with E-state index in [2.05, 4.69) is 43.4 Å². The molecule has 1 fully saturated rings. The monoisotopic (exact) mass is 289 g/mol. The maximum atomic E-state index is 5.69. The van der Waals surface area contributed by atoms with Crippen LogP contribution in [0, 0.1) is 5.92 Å². The van der Waals surface area contributed by atoms with Gasteiger partial charge in [0.1, 0.15) is 5.75 Å². The van der Waals surface area contributed by atoms with Crippen molar-refractivity contribution in [3.63, 3.8) is 0 Å². The van der Waals surface area contributed by atoms with Crippen LogP contribution in [0.15, 0.2) is 24.3 Å². The van der Waals surface area contributed by atoms with E-state index in [1.165, 1.54) is 44.1 Å². The Morgan fingerprint density at radius 1 is 1.14 bits per heavy atom. The molecule has 2 unspecified atom stereocenters. The molecule has 2 nitrogen and oxygen atoms in total. The van der Waals surface area contributed by atoms with Crippen LogP contribution in [0.5, 0.6) is 5.75 Å². The van der Waals surface area contributed by atoms with Crippen molar-refractivity contribution >= 4 is 0 Å². The summed E-state index contributed by atoms with van der Waals surface area (Å²) in [5.74, 6) is 2.49. The molecule has 1 aliphatic carbocycles. The van der Waals surface area contributed by atoms with Gasteiger partial charge < -0.3 is 10.1 Å². The highest BCUT2D eigenvalue weighted by Crippen LogP contribution is 2.37. The third-order valence-corrected chi connectivity index (χ3v) is 4.59. The Balaban J connectivity index is 2.09. The van der Waals surface area contributed by atoms with E-state index in [1.807, 2.05) is 0 Å². The molecule has 1 aliphatic rings. The lowest BCUT2D eigenvalue weighted by molar-refractivity contribution is 0.337. The van der Waals surface area contributed by atoms with E-state index in [0.717, 1.165) is 31.4 Å². The Morgan fingerprint density at radius 3 is 2.81 bits per heavy atom. The van der Waals surface area contributed by atoms with Crippen LogP contribution in [0.25, 0.3) is 0 Å². The topological polar surface area (TPSA) is 21.3 Å². The lowest BCUT2D eigenvalue weighted by atomic mass is 9.82. The molecule has 0 aliphatic heterocycles. The first-order valence-electron chi connectivity index (χ1n) is 8.78. The summed E-state index contributed by atoms with van der Waals surface area (Å²) in [6.45, 7) is 7.34. The fourth-order valence-corrected chi connectivity index (χ4v) is 3.53. The van der Waals surface area contributed by atoms with Gasteiger partial charge >= 0.3 is 0 Å². The van der Waals surface area contributed by atoms with Gasteiger partial charge in [-0.1, -0.05) is 38.3 Å². The van der Waals surface area contributed by atoms with Gasteiger partial charge in [0.05, 0.1) is 6.61 Å². The number of nitrogens with one attached hydrogen (secondary N) is 1. The maximum Gasteiger partial charge on any atom is 0.119 e. The molecule has 2 heteroatoms. The van der Waals surface area contributed by atoms with Crippen LogP contribution in [0.4, 0.5) is 0 Å². The van der Waals surface area contributed by atoms with Crippen molar-refractivity contribution in [2.75, 3.05) is 19.7 Å². The second-order valence-electron chi connectivity index (χ2n) is 6.21. The fourth-order valence-electron chi connectivity index (χ4n) is 3.53. The first kappa shape index (κ1) is 16.4. The smallest absolute Gasteiger partial charge is 0.119 e. The summed E-state index contributed by atoms with van der Waals surface area (Å²) >= 11 is 0. The Hall–Kier alpha value is -1.02. The van der Waals surface area contributed by atoms with Crippen molar-refractivity contribution in [3.8, 4) is 5.75 Å². The van der Waals surface area contributed by atoms with E-state index in [1.54, 1.807) is 0 Å². The minimum atomic E-state index is 0.692. The number of hydrogen-bond donors (Lipinski definition) is 1. The highest BCUT2D eigenvalue weighted by molar-refractivity contribution is 5.31. The van der Waals surface area contributed by atoms with Crippen molar-refractivity contribution in [1.82, 2.24) is 5.32 Å². The first-order valence-corrected chi connectivity index (χ1v) is 8.78.